The van der Waals surface area contributed by atoms with Gasteiger partial charge in [0.25, 0.3) is 5.69 Å². The minimum Gasteiger partial charge on any atom is -0.323 e. The van der Waals surface area contributed by atoms with Crippen LogP contribution in [0.5, 0.6) is 0 Å². The summed E-state index contributed by atoms with van der Waals surface area (Å²) in [6, 6.07) is 4.21. The van der Waals surface area contributed by atoms with E-state index >= 15 is 0 Å². The van der Waals surface area contributed by atoms with Gasteiger partial charge in [0.2, 0.25) is 0 Å². The standard InChI is InChI=1S/C12H14ClN5O2/c1-2-3-10(14)11-7-17(16-15-11)8-4-5-12(18(19)20)9(13)6-8/h4-7,10H,2-3,14H2,1H3. The third-order valence-electron chi connectivity index (χ3n) is 2.88. The van der Waals surface area contributed by atoms with Crippen LogP contribution in [0.3, 0.4) is 0 Å². The molecular formula is C12H14ClN5O2. The van der Waals surface area contributed by atoms with Gasteiger partial charge in [-0.15, -0.1) is 5.10 Å². The van der Waals surface area contributed by atoms with Crippen molar-refractivity contribution in [2.75, 3.05) is 0 Å². The maximum atomic E-state index is 10.7. The number of hydrogen-bond acceptors (Lipinski definition) is 5. The first kappa shape index (κ1) is 14.4. The van der Waals surface area contributed by atoms with Gasteiger partial charge in [-0.2, -0.15) is 0 Å². The molecule has 0 saturated heterocycles. The molecule has 106 valence electrons. The van der Waals surface area contributed by atoms with Gasteiger partial charge in [-0.1, -0.05) is 30.2 Å². The van der Waals surface area contributed by atoms with Crippen molar-refractivity contribution in [2.45, 2.75) is 25.8 Å². The second-order valence-electron chi connectivity index (χ2n) is 4.38. The average Bonchev–Trinajstić information content (AvgIpc) is 2.88. The zero-order chi connectivity index (χ0) is 14.7. The third-order valence-corrected chi connectivity index (χ3v) is 3.19. The van der Waals surface area contributed by atoms with Crippen molar-refractivity contribution in [2.24, 2.45) is 5.73 Å². The van der Waals surface area contributed by atoms with Crippen LogP contribution in [0.25, 0.3) is 5.69 Å². The van der Waals surface area contributed by atoms with E-state index in [2.05, 4.69) is 10.3 Å². The first-order valence-corrected chi connectivity index (χ1v) is 6.53. The van der Waals surface area contributed by atoms with Crippen LogP contribution in [-0.4, -0.2) is 19.9 Å². The Balaban J connectivity index is 2.28. The number of benzene rings is 1. The Bertz CT molecular complexity index is 628. The number of nitrogens with two attached hydrogens (primary N) is 1. The molecule has 7 nitrogen and oxygen atoms in total. The quantitative estimate of drug-likeness (QED) is 0.675. The highest BCUT2D eigenvalue weighted by molar-refractivity contribution is 6.32. The Kier molecular flexibility index (Phi) is 4.31. The molecule has 0 bridgehead atoms. The topological polar surface area (TPSA) is 99.9 Å². The normalized spacial score (nSPS) is 12.3. The minimum atomic E-state index is -0.532. The van der Waals surface area contributed by atoms with Gasteiger partial charge in [-0.3, -0.25) is 10.1 Å². The molecule has 20 heavy (non-hydrogen) atoms. The van der Waals surface area contributed by atoms with Crippen LogP contribution in [0.15, 0.2) is 24.4 Å². The fourth-order valence-corrected chi connectivity index (χ4v) is 2.06. The molecule has 0 aliphatic rings. The molecule has 2 rings (SSSR count). The molecule has 0 fully saturated rings. The summed E-state index contributed by atoms with van der Waals surface area (Å²) in [5.41, 5.74) is 7.10. The number of nitrogens with zero attached hydrogens (tertiary/aromatic N) is 4. The summed E-state index contributed by atoms with van der Waals surface area (Å²) < 4.78 is 1.50. The van der Waals surface area contributed by atoms with Crippen molar-refractivity contribution >= 4 is 17.3 Å². The van der Waals surface area contributed by atoms with E-state index < -0.39 is 4.92 Å². The van der Waals surface area contributed by atoms with E-state index in [4.69, 9.17) is 17.3 Å². The van der Waals surface area contributed by atoms with Crippen molar-refractivity contribution in [1.29, 1.82) is 0 Å². The highest BCUT2D eigenvalue weighted by Gasteiger charge is 2.15. The second-order valence-corrected chi connectivity index (χ2v) is 4.78. The summed E-state index contributed by atoms with van der Waals surface area (Å²) in [6.07, 6.45) is 3.48. The van der Waals surface area contributed by atoms with E-state index in [1.807, 2.05) is 6.92 Å². The number of hydrogen-bond donors (Lipinski definition) is 1. The van der Waals surface area contributed by atoms with Crippen LogP contribution in [0, 0.1) is 10.1 Å². The number of halogens is 1. The van der Waals surface area contributed by atoms with Crippen LogP contribution in [0.4, 0.5) is 5.69 Å². The zero-order valence-corrected chi connectivity index (χ0v) is 11.6. The number of rotatable bonds is 5. The molecule has 0 saturated carbocycles. The molecule has 2 N–H and O–H groups in total. The maximum absolute atomic E-state index is 10.7. The maximum Gasteiger partial charge on any atom is 0.288 e. The molecule has 0 amide bonds. The first-order chi connectivity index (χ1) is 9.52. The Morgan fingerprint density at radius 1 is 1.55 bits per heavy atom. The van der Waals surface area contributed by atoms with E-state index in [0.717, 1.165) is 12.8 Å². The van der Waals surface area contributed by atoms with Crippen LogP contribution >= 0.6 is 11.6 Å². The lowest BCUT2D eigenvalue weighted by molar-refractivity contribution is -0.384. The van der Waals surface area contributed by atoms with Gasteiger partial charge >= 0.3 is 0 Å². The lowest BCUT2D eigenvalue weighted by atomic mass is 10.1. The molecule has 8 heteroatoms. The van der Waals surface area contributed by atoms with Crippen LogP contribution in [0.1, 0.15) is 31.5 Å². The van der Waals surface area contributed by atoms with Crippen LogP contribution in [0.2, 0.25) is 5.02 Å². The van der Waals surface area contributed by atoms with E-state index in [1.54, 1.807) is 12.3 Å². The molecule has 2 aromatic rings. The SMILES string of the molecule is CCCC(N)c1cn(-c2ccc([N+](=O)[O-])c(Cl)c2)nn1. The average molecular weight is 296 g/mol. The van der Waals surface area contributed by atoms with Crippen LogP contribution < -0.4 is 5.73 Å². The monoisotopic (exact) mass is 295 g/mol. The smallest absolute Gasteiger partial charge is 0.288 e. The molecule has 1 aromatic heterocycles. The van der Waals surface area contributed by atoms with Gasteiger partial charge in [0.1, 0.15) is 5.02 Å². The summed E-state index contributed by atoms with van der Waals surface area (Å²) >= 11 is 5.87. The highest BCUT2D eigenvalue weighted by Crippen LogP contribution is 2.26. The molecule has 1 aromatic carbocycles. The van der Waals surface area contributed by atoms with E-state index in [1.165, 1.54) is 16.8 Å². The summed E-state index contributed by atoms with van der Waals surface area (Å²) in [5, 5.41) is 18.7. The summed E-state index contributed by atoms with van der Waals surface area (Å²) in [7, 11) is 0. The summed E-state index contributed by atoms with van der Waals surface area (Å²) in [4.78, 5) is 10.2. The van der Waals surface area contributed by atoms with Gasteiger partial charge < -0.3 is 5.73 Å². The molecule has 1 heterocycles. The predicted molar refractivity (Wildman–Crippen MR) is 74.9 cm³/mol. The Hall–Kier alpha value is -1.99. The number of aromatic nitrogens is 3. The zero-order valence-electron chi connectivity index (χ0n) is 10.9. The molecule has 0 radical (unpaired) electrons. The van der Waals surface area contributed by atoms with Gasteiger partial charge in [0, 0.05) is 6.07 Å². The second kappa shape index (κ2) is 5.98. The fourth-order valence-electron chi connectivity index (χ4n) is 1.82. The Labute approximate surface area is 120 Å². The molecule has 0 aliphatic heterocycles. The van der Waals surface area contributed by atoms with E-state index in [-0.39, 0.29) is 16.8 Å². The first-order valence-electron chi connectivity index (χ1n) is 6.15. The number of nitro benzene ring substituents is 1. The Morgan fingerprint density at radius 2 is 2.30 bits per heavy atom. The summed E-state index contributed by atoms with van der Waals surface area (Å²) in [6.45, 7) is 2.04. The van der Waals surface area contributed by atoms with Crippen molar-refractivity contribution < 1.29 is 4.92 Å². The third kappa shape index (κ3) is 2.94. The molecule has 1 unspecified atom stereocenters. The molecule has 1 atom stereocenters. The number of nitro groups is 1. The fraction of sp³-hybridized carbons (Fsp3) is 0.333. The minimum absolute atomic E-state index is 0.0578. The molecule has 0 spiro atoms. The van der Waals surface area contributed by atoms with E-state index in [9.17, 15) is 10.1 Å². The van der Waals surface area contributed by atoms with E-state index in [0.29, 0.717) is 11.4 Å². The highest BCUT2D eigenvalue weighted by atomic mass is 35.5. The predicted octanol–water partition coefficient (Wildman–Crippen LogP) is 2.63. The van der Waals surface area contributed by atoms with Gasteiger partial charge in [0.05, 0.1) is 28.5 Å². The van der Waals surface area contributed by atoms with Crippen molar-refractivity contribution in [3.8, 4) is 5.69 Å². The lowest BCUT2D eigenvalue weighted by Gasteiger charge is -2.04. The van der Waals surface area contributed by atoms with Crippen molar-refractivity contribution in [3.63, 3.8) is 0 Å². The van der Waals surface area contributed by atoms with Gasteiger partial charge in [0.15, 0.2) is 0 Å². The van der Waals surface area contributed by atoms with Crippen molar-refractivity contribution in [1.82, 2.24) is 15.0 Å². The molecule has 0 aliphatic carbocycles. The van der Waals surface area contributed by atoms with Crippen molar-refractivity contribution in [3.05, 3.63) is 45.2 Å². The van der Waals surface area contributed by atoms with Gasteiger partial charge in [-0.05, 0) is 18.6 Å². The van der Waals surface area contributed by atoms with Gasteiger partial charge in [-0.25, -0.2) is 4.68 Å². The Morgan fingerprint density at radius 3 is 2.90 bits per heavy atom. The lowest BCUT2D eigenvalue weighted by Crippen LogP contribution is -2.10. The summed E-state index contributed by atoms with van der Waals surface area (Å²) in [5.74, 6) is 0. The largest absolute Gasteiger partial charge is 0.323 e. The molecular weight excluding hydrogens is 282 g/mol. The van der Waals surface area contributed by atoms with Crippen LogP contribution in [-0.2, 0) is 0 Å².